The number of furan rings is 1. The topological polar surface area (TPSA) is 74.7 Å². The van der Waals surface area contributed by atoms with Crippen molar-refractivity contribution in [1.29, 1.82) is 0 Å². The zero-order valence-electron chi connectivity index (χ0n) is 22.7. The summed E-state index contributed by atoms with van der Waals surface area (Å²) < 4.78 is 18.8. The standard InChI is InChI=1S/C30H41NO4Si/c1-22(26(25-19-14-20-33-25)27(29(2,3)4)35-28(31)32)21-34-36(30(5,6)7,23-15-10-8-11-16-23)24-17-12-9-13-18-24/h8-20,22,26-27H,21H2,1-7H3,(H2,31,32)/t22-,26-,27?/m1/s1. The lowest BCUT2D eigenvalue weighted by atomic mass is 9.75. The van der Waals surface area contributed by atoms with Gasteiger partial charge in [-0.15, -0.1) is 0 Å². The van der Waals surface area contributed by atoms with Crippen LogP contribution in [0.1, 0.15) is 60.1 Å². The number of nitrogens with two attached hydrogens (primary N) is 1. The molecule has 0 radical (unpaired) electrons. The van der Waals surface area contributed by atoms with E-state index in [1.165, 1.54) is 10.4 Å². The first-order valence-corrected chi connectivity index (χ1v) is 14.5. The Labute approximate surface area is 217 Å². The van der Waals surface area contributed by atoms with Gasteiger partial charge in [0.05, 0.1) is 12.2 Å². The quantitative estimate of drug-likeness (QED) is 0.356. The van der Waals surface area contributed by atoms with Crippen LogP contribution >= 0.6 is 0 Å². The summed E-state index contributed by atoms with van der Waals surface area (Å²) in [5.41, 5.74) is 5.15. The molecule has 194 valence electrons. The Balaban J connectivity index is 2.07. The molecule has 0 bridgehead atoms. The molecule has 5 nitrogen and oxygen atoms in total. The summed E-state index contributed by atoms with van der Waals surface area (Å²) in [5.74, 6) is 0.502. The van der Waals surface area contributed by atoms with Crippen molar-refractivity contribution in [3.05, 3.63) is 84.8 Å². The van der Waals surface area contributed by atoms with Gasteiger partial charge < -0.3 is 19.3 Å². The number of amides is 1. The molecule has 0 aliphatic carbocycles. The molecule has 0 saturated carbocycles. The highest BCUT2D eigenvalue weighted by Crippen LogP contribution is 2.42. The third kappa shape index (κ3) is 5.93. The minimum atomic E-state index is -2.72. The van der Waals surface area contributed by atoms with Crippen LogP contribution in [0.25, 0.3) is 0 Å². The van der Waals surface area contributed by atoms with Crippen molar-refractivity contribution in [3.8, 4) is 0 Å². The van der Waals surface area contributed by atoms with Crippen molar-refractivity contribution in [2.75, 3.05) is 6.61 Å². The molecule has 6 heteroatoms. The molecule has 0 aliphatic heterocycles. The molecule has 0 spiro atoms. The molecule has 3 rings (SSSR count). The Hall–Kier alpha value is -2.83. The second-order valence-corrected chi connectivity index (χ2v) is 16.0. The molecule has 3 aromatic rings. The van der Waals surface area contributed by atoms with E-state index in [0.29, 0.717) is 6.61 Å². The highest BCUT2D eigenvalue weighted by molar-refractivity contribution is 6.99. The number of rotatable bonds is 9. The molecule has 1 heterocycles. The molecule has 1 aromatic heterocycles. The average molecular weight is 508 g/mol. The van der Waals surface area contributed by atoms with Crippen LogP contribution in [0, 0.1) is 11.3 Å². The third-order valence-corrected chi connectivity index (χ3v) is 11.9. The van der Waals surface area contributed by atoms with Crippen LogP contribution in [0.3, 0.4) is 0 Å². The largest absolute Gasteiger partial charge is 0.469 e. The Kier molecular flexibility index (Phi) is 8.52. The van der Waals surface area contributed by atoms with Gasteiger partial charge in [-0.2, -0.15) is 0 Å². The smallest absolute Gasteiger partial charge is 0.404 e. The molecule has 2 aromatic carbocycles. The Morgan fingerprint density at radius 1 is 0.889 bits per heavy atom. The van der Waals surface area contributed by atoms with E-state index >= 15 is 0 Å². The van der Waals surface area contributed by atoms with Gasteiger partial charge in [-0.1, -0.05) is 109 Å². The van der Waals surface area contributed by atoms with E-state index in [0.717, 1.165) is 5.76 Å². The summed E-state index contributed by atoms with van der Waals surface area (Å²) in [6, 6.07) is 25.0. The maximum absolute atomic E-state index is 11.9. The minimum Gasteiger partial charge on any atom is -0.469 e. The second-order valence-electron chi connectivity index (χ2n) is 11.7. The fourth-order valence-electron chi connectivity index (χ4n) is 5.24. The van der Waals surface area contributed by atoms with Gasteiger partial charge in [0, 0.05) is 6.61 Å². The Morgan fingerprint density at radius 2 is 1.42 bits per heavy atom. The fourth-order valence-corrected chi connectivity index (χ4v) is 9.91. The summed E-state index contributed by atoms with van der Waals surface area (Å²) in [6.07, 6.45) is 0.382. The summed E-state index contributed by atoms with van der Waals surface area (Å²) in [4.78, 5) is 11.9. The van der Waals surface area contributed by atoms with Crippen LogP contribution in [-0.2, 0) is 9.16 Å². The summed E-state index contributed by atoms with van der Waals surface area (Å²) in [7, 11) is -2.72. The number of hydrogen-bond acceptors (Lipinski definition) is 4. The number of carbonyl (C=O) groups excluding carboxylic acids is 1. The molecule has 2 N–H and O–H groups in total. The predicted octanol–water partition coefficient (Wildman–Crippen LogP) is 6.09. The predicted molar refractivity (Wildman–Crippen MR) is 148 cm³/mol. The van der Waals surface area contributed by atoms with E-state index in [4.69, 9.17) is 19.3 Å². The molecule has 0 aliphatic rings. The highest BCUT2D eigenvalue weighted by Gasteiger charge is 2.51. The van der Waals surface area contributed by atoms with Gasteiger partial charge in [0.1, 0.15) is 11.9 Å². The first-order valence-electron chi connectivity index (χ1n) is 12.6. The Bertz CT molecular complexity index is 1050. The van der Waals surface area contributed by atoms with E-state index in [9.17, 15) is 4.79 Å². The molecule has 0 saturated heterocycles. The SMILES string of the molecule is C[C@H](CO[Si](c1ccccc1)(c1ccccc1)C(C)(C)C)[C@H](c1ccco1)C(OC(N)=O)C(C)(C)C. The van der Waals surface area contributed by atoms with Gasteiger partial charge in [-0.25, -0.2) is 4.79 Å². The van der Waals surface area contributed by atoms with E-state index < -0.39 is 20.5 Å². The maximum atomic E-state index is 11.9. The van der Waals surface area contributed by atoms with Crippen LogP contribution in [-0.4, -0.2) is 27.1 Å². The minimum absolute atomic E-state index is 0.0265. The van der Waals surface area contributed by atoms with Gasteiger partial charge >= 0.3 is 6.09 Å². The lowest BCUT2D eigenvalue weighted by Crippen LogP contribution is -2.67. The number of carbonyl (C=O) groups is 1. The van der Waals surface area contributed by atoms with Crippen LogP contribution in [0.4, 0.5) is 4.79 Å². The van der Waals surface area contributed by atoms with Crippen LogP contribution in [0.5, 0.6) is 0 Å². The second kappa shape index (κ2) is 11.1. The van der Waals surface area contributed by atoms with Gasteiger partial charge in [0.2, 0.25) is 0 Å². The molecular formula is C30H41NO4Si. The number of hydrogen-bond donors (Lipinski definition) is 1. The molecule has 1 amide bonds. The third-order valence-electron chi connectivity index (χ3n) is 6.89. The average Bonchev–Trinajstić information content (AvgIpc) is 3.33. The molecular weight excluding hydrogens is 466 g/mol. The van der Waals surface area contributed by atoms with Gasteiger partial charge in [0.15, 0.2) is 0 Å². The summed E-state index contributed by atoms with van der Waals surface area (Å²) in [6.45, 7) is 15.5. The lowest BCUT2D eigenvalue weighted by molar-refractivity contribution is -0.00576. The molecule has 36 heavy (non-hydrogen) atoms. The van der Waals surface area contributed by atoms with Crippen molar-refractivity contribution in [3.63, 3.8) is 0 Å². The zero-order chi connectivity index (χ0) is 26.6. The van der Waals surface area contributed by atoms with Crippen LogP contribution < -0.4 is 16.1 Å². The lowest BCUT2D eigenvalue weighted by Gasteiger charge is -2.44. The number of primary amides is 1. The van der Waals surface area contributed by atoms with Crippen molar-refractivity contribution >= 4 is 24.8 Å². The normalized spacial score (nSPS) is 15.2. The van der Waals surface area contributed by atoms with Gasteiger partial charge in [-0.3, -0.25) is 0 Å². The molecule has 0 fully saturated rings. The maximum Gasteiger partial charge on any atom is 0.404 e. The van der Waals surface area contributed by atoms with E-state index in [2.05, 4.69) is 76.2 Å². The van der Waals surface area contributed by atoms with Crippen molar-refractivity contribution in [2.24, 2.45) is 17.1 Å². The van der Waals surface area contributed by atoms with Crippen molar-refractivity contribution in [2.45, 2.75) is 65.5 Å². The monoisotopic (exact) mass is 507 g/mol. The number of ether oxygens (including phenoxy) is 1. The first kappa shape index (κ1) is 27.7. The molecule has 1 unspecified atom stereocenters. The zero-order valence-corrected chi connectivity index (χ0v) is 23.7. The first-order chi connectivity index (χ1) is 16.9. The van der Waals surface area contributed by atoms with Crippen LogP contribution in [0.2, 0.25) is 5.04 Å². The summed E-state index contributed by atoms with van der Waals surface area (Å²) >= 11 is 0. The van der Waals surface area contributed by atoms with E-state index in [1.54, 1.807) is 6.26 Å². The van der Waals surface area contributed by atoms with Gasteiger partial charge in [0.25, 0.3) is 8.32 Å². The Morgan fingerprint density at radius 3 is 1.81 bits per heavy atom. The van der Waals surface area contributed by atoms with Crippen LogP contribution in [0.15, 0.2) is 83.5 Å². The summed E-state index contributed by atoms with van der Waals surface area (Å²) in [5, 5.41) is 2.32. The molecule has 3 atom stereocenters. The number of benzene rings is 2. The van der Waals surface area contributed by atoms with Gasteiger partial charge in [-0.05, 0) is 38.9 Å². The van der Waals surface area contributed by atoms with Crippen molar-refractivity contribution < 1.29 is 18.4 Å². The fraction of sp³-hybridized carbons (Fsp3) is 0.433. The van der Waals surface area contributed by atoms with E-state index in [1.807, 2.05) is 45.0 Å². The highest BCUT2D eigenvalue weighted by atomic mass is 28.4. The van der Waals surface area contributed by atoms with Crippen molar-refractivity contribution in [1.82, 2.24) is 0 Å². The van der Waals surface area contributed by atoms with E-state index in [-0.39, 0.29) is 22.3 Å².